The molecule has 2 saturated heterocycles. The van der Waals surface area contributed by atoms with Crippen molar-refractivity contribution < 1.29 is 9.53 Å². The second kappa shape index (κ2) is 5.19. The Kier molecular flexibility index (Phi) is 3.40. The number of fused-ring (bicyclic) bond motifs is 1. The highest BCUT2D eigenvalue weighted by molar-refractivity contribution is 5.84. The summed E-state index contributed by atoms with van der Waals surface area (Å²) in [6, 6.07) is 7.99. The number of ether oxygens (including phenoxy) is 1. The van der Waals surface area contributed by atoms with Gasteiger partial charge in [0, 0.05) is 32.2 Å². The monoisotopic (exact) mass is 261 g/mol. The highest BCUT2D eigenvalue weighted by Gasteiger charge is 2.38. The second-order valence-electron chi connectivity index (χ2n) is 5.02. The number of carbonyl (C=O) groups excluding carboxylic acids is 1. The van der Waals surface area contributed by atoms with Crippen molar-refractivity contribution in [1.82, 2.24) is 15.5 Å². The largest absolute Gasteiger partial charge is 0.497 e. The minimum Gasteiger partial charge on any atom is -0.497 e. The molecule has 0 bridgehead atoms. The van der Waals surface area contributed by atoms with E-state index in [1.165, 1.54) is 0 Å². The highest BCUT2D eigenvalue weighted by Crippen LogP contribution is 2.28. The van der Waals surface area contributed by atoms with Gasteiger partial charge in [-0.15, -0.1) is 0 Å². The normalized spacial score (nSPS) is 27.5. The minimum absolute atomic E-state index is 0.100. The summed E-state index contributed by atoms with van der Waals surface area (Å²) in [5.74, 6) is 0.917. The predicted molar refractivity (Wildman–Crippen MR) is 72.1 cm³/mol. The maximum Gasteiger partial charge on any atom is 0.242 e. The van der Waals surface area contributed by atoms with E-state index in [0.29, 0.717) is 6.04 Å². The van der Waals surface area contributed by atoms with Gasteiger partial charge < -0.3 is 15.4 Å². The average Bonchev–Trinajstić information content (AvgIpc) is 2.47. The fourth-order valence-corrected chi connectivity index (χ4v) is 2.90. The summed E-state index contributed by atoms with van der Waals surface area (Å²) in [4.78, 5) is 14.5. The van der Waals surface area contributed by atoms with E-state index in [1.54, 1.807) is 7.11 Å². The van der Waals surface area contributed by atoms with Crippen molar-refractivity contribution in [3.63, 3.8) is 0 Å². The Labute approximate surface area is 112 Å². The maximum atomic E-state index is 12.2. The van der Waals surface area contributed by atoms with E-state index in [2.05, 4.69) is 15.5 Å². The van der Waals surface area contributed by atoms with Crippen molar-refractivity contribution >= 4 is 5.91 Å². The van der Waals surface area contributed by atoms with Crippen molar-refractivity contribution in [3.8, 4) is 5.75 Å². The van der Waals surface area contributed by atoms with Crippen LogP contribution >= 0.6 is 0 Å². The number of hydrogen-bond acceptors (Lipinski definition) is 4. The summed E-state index contributed by atoms with van der Waals surface area (Å²) in [5.41, 5.74) is 1.03. The molecule has 5 nitrogen and oxygen atoms in total. The van der Waals surface area contributed by atoms with Gasteiger partial charge in [0.15, 0.2) is 0 Å². The lowest BCUT2D eigenvalue weighted by atomic mass is 9.98. The van der Waals surface area contributed by atoms with Gasteiger partial charge in [-0.3, -0.25) is 9.69 Å². The third kappa shape index (κ3) is 2.31. The Hall–Kier alpha value is -1.59. The first-order valence-electron chi connectivity index (χ1n) is 6.67. The molecule has 102 valence electrons. The smallest absolute Gasteiger partial charge is 0.242 e. The van der Waals surface area contributed by atoms with Crippen LogP contribution < -0.4 is 15.4 Å². The van der Waals surface area contributed by atoms with Crippen molar-refractivity contribution in [2.45, 2.75) is 12.1 Å². The number of rotatable bonds is 2. The summed E-state index contributed by atoms with van der Waals surface area (Å²) in [6.07, 6.45) is 0. The van der Waals surface area contributed by atoms with Crippen LogP contribution in [0.1, 0.15) is 11.6 Å². The zero-order chi connectivity index (χ0) is 13.2. The summed E-state index contributed by atoms with van der Waals surface area (Å²) >= 11 is 0. The van der Waals surface area contributed by atoms with Crippen LogP contribution in [0.15, 0.2) is 24.3 Å². The Balaban J connectivity index is 1.88. The molecule has 2 atom stereocenters. The Morgan fingerprint density at radius 3 is 2.79 bits per heavy atom. The van der Waals surface area contributed by atoms with Crippen molar-refractivity contribution in [2.75, 3.05) is 33.3 Å². The fraction of sp³-hybridized carbons (Fsp3) is 0.500. The number of piperazine rings is 2. The number of benzene rings is 1. The fourth-order valence-electron chi connectivity index (χ4n) is 2.90. The van der Waals surface area contributed by atoms with Crippen LogP contribution in [-0.2, 0) is 4.79 Å². The van der Waals surface area contributed by atoms with E-state index in [9.17, 15) is 4.79 Å². The number of carbonyl (C=O) groups is 1. The quantitative estimate of drug-likeness (QED) is 0.795. The topological polar surface area (TPSA) is 53.6 Å². The molecule has 3 rings (SSSR count). The summed E-state index contributed by atoms with van der Waals surface area (Å²) < 4.78 is 5.17. The summed E-state index contributed by atoms with van der Waals surface area (Å²) in [7, 11) is 1.65. The zero-order valence-electron chi connectivity index (χ0n) is 11.1. The van der Waals surface area contributed by atoms with Gasteiger partial charge >= 0.3 is 0 Å². The molecule has 2 fully saturated rings. The van der Waals surface area contributed by atoms with Crippen molar-refractivity contribution in [3.05, 3.63) is 29.8 Å². The number of nitrogens with zero attached hydrogens (tertiary/aromatic N) is 1. The third-order valence-corrected chi connectivity index (χ3v) is 3.92. The van der Waals surface area contributed by atoms with Crippen LogP contribution in [0, 0.1) is 0 Å². The molecule has 2 unspecified atom stereocenters. The van der Waals surface area contributed by atoms with Crippen molar-refractivity contribution in [1.29, 1.82) is 0 Å². The van der Waals surface area contributed by atoms with Crippen LogP contribution in [0.3, 0.4) is 0 Å². The lowest BCUT2D eigenvalue weighted by molar-refractivity contribution is -0.132. The van der Waals surface area contributed by atoms with Gasteiger partial charge in [-0.05, 0) is 17.7 Å². The first-order valence-corrected chi connectivity index (χ1v) is 6.67. The number of methoxy groups -OCH3 is 1. The van der Waals surface area contributed by atoms with E-state index < -0.39 is 0 Å². The molecular formula is C14H19N3O2. The molecule has 2 heterocycles. The molecule has 2 N–H and O–H groups in total. The SMILES string of the molecule is COc1ccc(C2C(=O)NCC3CNCCN32)cc1. The van der Waals surface area contributed by atoms with Crippen LogP contribution in [0.2, 0.25) is 0 Å². The lowest BCUT2D eigenvalue weighted by Crippen LogP contribution is -2.63. The summed E-state index contributed by atoms with van der Waals surface area (Å²) in [6.45, 7) is 3.52. The van der Waals surface area contributed by atoms with E-state index in [4.69, 9.17) is 4.74 Å². The lowest BCUT2D eigenvalue weighted by Gasteiger charge is -2.44. The second-order valence-corrected chi connectivity index (χ2v) is 5.02. The zero-order valence-corrected chi connectivity index (χ0v) is 11.1. The number of nitrogens with one attached hydrogen (secondary N) is 2. The summed E-state index contributed by atoms with van der Waals surface area (Å²) in [5, 5.41) is 6.38. The molecule has 2 aliphatic heterocycles. The van der Waals surface area contributed by atoms with E-state index >= 15 is 0 Å². The van der Waals surface area contributed by atoms with E-state index in [-0.39, 0.29) is 11.9 Å². The van der Waals surface area contributed by atoms with Crippen LogP contribution in [-0.4, -0.2) is 50.1 Å². The standard InChI is InChI=1S/C14H19N3O2/c1-19-12-4-2-10(3-5-12)13-14(18)16-9-11-8-15-6-7-17(11)13/h2-5,11,13,15H,6-9H2,1H3,(H,16,18). The Bertz CT molecular complexity index is 460. The number of hydrogen-bond donors (Lipinski definition) is 2. The first kappa shape index (κ1) is 12.4. The molecular weight excluding hydrogens is 242 g/mol. The molecule has 1 amide bonds. The van der Waals surface area contributed by atoms with Crippen LogP contribution in [0.4, 0.5) is 0 Å². The van der Waals surface area contributed by atoms with Gasteiger partial charge in [0.25, 0.3) is 0 Å². The minimum atomic E-state index is -0.174. The molecule has 0 aliphatic carbocycles. The molecule has 0 aromatic heterocycles. The molecule has 1 aromatic rings. The molecule has 2 aliphatic rings. The highest BCUT2D eigenvalue weighted by atomic mass is 16.5. The van der Waals surface area contributed by atoms with Gasteiger partial charge in [-0.2, -0.15) is 0 Å². The maximum absolute atomic E-state index is 12.2. The molecule has 5 heteroatoms. The Morgan fingerprint density at radius 2 is 2.05 bits per heavy atom. The van der Waals surface area contributed by atoms with Crippen LogP contribution in [0.5, 0.6) is 5.75 Å². The molecule has 19 heavy (non-hydrogen) atoms. The molecule has 0 radical (unpaired) electrons. The predicted octanol–water partition coefficient (Wildman–Crippen LogP) is 0.140. The van der Waals surface area contributed by atoms with Gasteiger partial charge in [0.1, 0.15) is 11.8 Å². The number of amides is 1. The van der Waals surface area contributed by atoms with Gasteiger partial charge in [0.05, 0.1) is 7.11 Å². The van der Waals surface area contributed by atoms with E-state index in [0.717, 1.165) is 37.5 Å². The average molecular weight is 261 g/mol. The first-order chi connectivity index (χ1) is 9.29. The van der Waals surface area contributed by atoms with Gasteiger partial charge in [0.2, 0.25) is 5.91 Å². The Morgan fingerprint density at radius 1 is 1.26 bits per heavy atom. The van der Waals surface area contributed by atoms with Crippen LogP contribution in [0.25, 0.3) is 0 Å². The van der Waals surface area contributed by atoms with Gasteiger partial charge in [-0.1, -0.05) is 12.1 Å². The molecule has 0 spiro atoms. The van der Waals surface area contributed by atoms with E-state index in [1.807, 2.05) is 24.3 Å². The van der Waals surface area contributed by atoms with Gasteiger partial charge in [-0.25, -0.2) is 0 Å². The van der Waals surface area contributed by atoms with Crippen molar-refractivity contribution in [2.24, 2.45) is 0 Å². The third-order valence-electron chi connectivity index (χ3n) is 3.92. The molecule has 0 saturated carbocycles. The molecule has 1 aromatic carbocycles.